The minimum atomic E-state index is -4.48. The molecule has 2 aromatic rings. The standard InChI is InChI=1S/C16H12F3N3O2/c17-16(18,19)10-2-1-3-11(7-10)20-15(24)21-12-5-4-9-6-14(23)22-13(9)8-12/h1-5,7-8H,6H2,(H,22,23)(H2,20,21,24). The molecule has 8 heteroatoms. The zero-order valence-electron chi connectivity index (χ0n) is 12.2. The van der Waals surface area contributed by atoms with Gasteiger partial charge in [0, 0.05) is 17.1 Å². The Labute approximate surface area is 134 Å². The summed E-state index contributed by atoms with van der Waals surface area (Å²) in [6.07, 6.45) is -4.20. The van der Waals surface area contributed by atoms with Crippen LogP contribution in [0.3, 0.4) is 0 Å². The smallest absolute Gasteiger partial charge is 0.325 e. The first kappa shape index (κ1) is 15.9. The molecule has 0 radical (unpaired) electrons. The van der Waals surface area contributed by atoms with E-state index in [4.69, 9.17) is 0 Å². The highest BCUT2D eigenvalue weighted by Gasteiger charge is 2.30. The summed E-state index contributed by atoms with van der Waals surface area (Å²) >= 11 is 0. The third kappa shape index (κ3) is 3.48. The average Bonchev–Trinajstić information content (AvgIpc) is 2.86. The molecule has 0 spiro atoms. The quantitative estimate of drug-likeness (QED) is 0.780. The molecule has 1 aliphatic heterocycles. The van der Waals surface area contributed by atoms with Gasteiger partial charge >= 0.3 is 12.2 Å². The van der Waals surface area contributed by atoms with Gasteiger partial charge in [0.25, 0.3) is 0 Å². The van der Waals surface area contributed by atoms with E-state index in [-0.39, 0.29) is 18.0 Å². The largest absolute Gasteiger partial charge is 0.416 e. The molecule has 0 fully saturated rings. The molecule has 0 atom stereocenters. The molecule has 5 nitrogen and oxygen atoms in total. The van der Waals surface area contributed by atoms with Gasteiger partial charge < -0.3 is 16.0 Å². The van der Waals surface area contributed by atoms with Crippen molar-refractivity contribution in [2.45, 2.75) is 12.6 Å². The zero-order valence-corrected chi connectivity index (χ0v) is 12.2. The van der Waals surface area contributed by atoms with Crippen molar-refractivity contribution in [2.75, 3.05) is 16.0 Å². The second-order valence-electron chi connectivity index (χ2n) is 5.25. The predicted molar refractivity (Wildman–Crippen MR) is 82.9 cm³/mol. The van der Waals surface area contributed by atoms with Crippen molar-refractivity contribution in [1.82, 2.24) is 0 Å². The molecular weight excluding hydrogens is 323 g/mol. The number of carbonyl (C=O) groups excluding carboxylic acids is 2. The van der Waals surface area contributed by atoms with Crippen LogP contribution in [0, 0.1) is 0 Å². The molecule has 1 aliphatic rings. The van der Waals surface area contributed by atoms with Crippen molar-refractivity contribution in [1.29, 1.82) is 0 Å². The van der Waals surface area contributed by atoms with Crippen molar-refractivity contribution in [3.8, 4) is 0 Å². The minimum absolute atomic E-state index is 0.0248. The van der Waals surface area contributed by atoms with Crippen LogP contribution in [0.25, 0.3) is 0 Å². The second-order valence-corrected chi connectivity index (χ2v) is 5.25. The number of nitrogens with one attached hydrogen (secondary N) is 3. The molecule has 3 N–H and O–H groups in total. The van der Waals surface area contributed by atoms with E-state index in [0.717, 1.165) is 17.7 Å². The second kappa shape index (κ2) is 5.88. The summed E-state index contributed by atoms with van der Waals surface area (Å²) in [6, 6.07) is 8.57. The summed E-state index contributed by atoms with van der Waals surface area (Å²) in [6.45, 7) is 0. The van der Waals surface area contributed by atoms with E-state index in [1.165, 1.54) is 12.1 Å². The first-order valence-electron chi connectivity index (χ1n) is 6.99. The maximum absolute atomic E-state index is 12.6. The number of hydrogen-bond acceptors (Lipinski definition) is 2. The van der Waals surface area contributed by atoms with Crippen molar-refractivity contribution < 1.29 is 22.8 Å². The van der Waals surface area contributed by atoms with Crippen molar-refractivity contribution in [2.24, 2.45) is 0 Å². The van der Waals surface area contributed by atoms with E-state index in [1.807, 2.05) is 0 Å². The highest BCUT2D eigenvalue weighted by Crippen LogP contribution is 2.31. The first-order chi connectivity index (χ1) is 11.3. The van der Waals surface area contributed by atoms with Crippen LogP contribution < -0.4 is 16.0 Å². The topological polar surface area (TPSA) is 70.2 Å². The van der Waals surface area contributed by atoms with Gasteiger partial charge in [-0.05, 0) is 35.9 Å². The van der Waals surface area contributed by atoms with Crippen molar-refractivity contribution >= 4 is 29.0 Å². The van der Waals surface area contributed by atoms with E-state index in [1.54, 1.807) is 18.2 Å². The first-order valence-corrected chi connectivity index (χ1v) is 6.99. The monoisotopic (exact) mass is 335 g/mol. The normalized spacial score (nSPS) is 13.2. The zero-order chi connectivity index (χ0) is 17.3. The molecule has 3 rings (SSSR count). The number of benzene rings is 2. The maximum atomic E-state index is 12.6. The highest BCUT2D eigenvalue weighted by atomic mass is 19.4. The number of halogens is 3. The lowest BCUT2D eigenvalue weighted by Crippen LogP contribution is -2.19. The molecule has 2 aromatic carbocycles. The van der Waals surface area contributed by atoms with E-state index in [0.29, 0.717) is 11.4 Å². The Bertz CT molecular complexity index is 818. The molecule has 0 aromatic heterocycles. The molecule has 0 aliphatic carbocycles. The van der Waals surface area contributed by atoms with Gasteiger partial charge in [0.2, 0.25) is 5.91 Å². The third-order valence-corrected chi connectivity index (χ3v) is 3.44. The molecule has 0 saturated heterocycles. The number of rotatable bonds is 2. The Balaban J connectivity index is 1.68. The summed E-state index contributed by atoms with van der Waals surface area (Å²) in [5.74, 6) is -0.129. The SMILES string of the molecule is O=C1Cc2ccc(NC(=O)Nc3cccc(C(F)(F)F)c3)cc2N1. The number of amides is 3. The Hall–Kier alpha value is -3.03. The van der Waals surface area contributed by atoms with E-state index in [9.17, 15) is 22.8 Å². The summed E-state index contributed by atoms with van der Waals surface area (Å²) in [5.41, 5.74) is 1.03. The number of hydrogen-bond donors (Lipinski definition) is 3. The molecule has 0 bridgehead atoms. The van der Waals surface area contributed by atoms with Gasteiger partial charge in [-0.25, -0.2) is 4.79 Å². The van der Waals surface area contributed by atoms with Crippen LogP contribution in [0.5, 0.6) is 0 Å². The van der Waals surface area contributed by atoms with E-state index < -0.39 is 17.8 Å². The Kier molecular flexibility index (Phi) is 3.88. The maximum Gasteiger partial charge on any atom is 0.416 e. The molecule has 1 heterocycles. The number of alkyl halides is 3. The highest BCUT2D eigenvalue weighted by molar-refractivity contribution is 6.02. The van der Waals surface area contributed by atoms with E-state index >= 15 is 0 Å². The predicted octanol–water partition coefficient (Wildman–Crippen LogP) is 3.84. The Morgan fingerprint density at radius 2 is 1.75 bits per heavy atom. The number of carbonyl (C=O) groups is 2. The lowest BCUT2D eigenvalue weighted by Gasteiger charge is -2.11. The van der Waals surface area contributed by atoms with Gasteiger partial charge in [-0.3, -0.25) is 4.79 Å². The van der Waals surface area contributed by atoms with Crippen LogP contribution in [-0.4, -0.2) is 11.9 Å². The fraction of sp³-hybridized carbons (Fsp3) is 0.125. The molecular formula is C16H12F3N3O2. The van der Waals surface area contributed by atoms with Crippen LogP contribution in [-0.2, 0) is 17.4 Å². The summed E-state index contributed by atoms with van der Waals surface area (Å²) in [5, 5.41) is 7.50. The fourth-order valence-electron chi connectivity index (χ4n) is 2.36. The fourth-order valence-corrected chi connectivity index (χ4v) is 2.36. The van der Waals surface area contributed by atoms with Gasteiger partial charge in [-0.15, -0.1) is 0 Å². The molecule has 0 saturated carbocycles. The Morgan fingerprint density at radius 1 is 1.04 bits per heavy atom. The average molecular weight is 335 g/mol. The summed E-state index contributed by atoms with van der Waals surface area (Å²) in [7, 11) is 0. The van der Waals surface area contributed by atoms with Crippen LogP contribution >= 0.6 is 0 Å². The van der Waals surface area contributed by atoms with E-state index in [2.05, 4.69) is 16.0 Å². The van der Waals surface area contributed by atoms with Crippen molar-refractivity contribution in [3.05, 3.63) is 53.6 Å². The van der Waals surface area contributed by atoms with Crippen LogP contribution in [0.15, 0.2) is 42.5 Å². The molecule has 0 unspecified atom stereocenters. The minimum Gasteiger partial charge on any atom is -0.325 e. The third-order valence-electron chi connectivity index (χ3n) is 3.44. The molecule has 24 heavy (non-hydrogen) atoms. The summed E-state index contributed by atoms with van der Waals surface area (Å²) in [4.78, 5) is 23.2. The lowest BCUT2D eigenvalue weighted by atomic mass is 10.1. The Morgan fingerprint density at radius 3 is 2.46 bits per heavy atom. The molecule has 3 amide bonds. The van der Waals surface area contributed by atoms with Crippen molar-refractivity contribution in [3.63, 3.8) is 0 Å². The van der Waals surface area contributed by atoms with Crippen LogP contribution in [0.2, 0.25) is 0 Å². The number of anilines is 3. The number of fused-ring (bicyclic) bond motifs is 1. The summed E-state index contributed by atoms with van der Waals surface area (Å²) < 4.78 is 37.9. The lowest BCUT2D eigenvalue weighted by molar-refractivity contribution is -0.137. The van der Waals surface area contributed by atoms with Gasteiger partial charge in [-0.1, -0.05) is 12.1 Å². The molecule has 124 valence electrons. The van der Waals surface area contributed by atoms with Crippen LogP contribution in [0.1, 0.15) is 11.1 Å². The van der Waals surface area contributed by atoms with Crippen LogP contribution in [0.4, 0.5) is 35.0 Å². The number of urea groups is 1. The van der Waals surface area contributed by atoms with Gasteiger partial charge in [0.1, 0.15) is 0 Å². The van der Waals surface area contributed by atoms with Gasteiger partial charge in [-0.2, -0.15) is 13.2 Å². The van der Waals surface area contributed by atoms with Gasteiger partial charge in [0.05, 0.1) is 12.0 Å². The van der Waals surface area contributed by atoms with Gasteiger partial charge in [0.15, 0.2) is 0 Å².